The van der Waals surface area contributed by atoms with E-state index in [0.717, 1.165) is 19.3 Å². The molecule has 1 heterocycles. The molecule has 0 amide bonds. The van der Waals surface area contributed by atoms with Crippen LogP contribution in [0.25, 0.3) is 0 Å². The lowest BCUT2D eigenvalue weighted by Crippen LogP contribution is -2.45. The van der Waals surface area contributed by atoms with Crippen molar-refractivity contribution in [2.24, 2.45) is 5.73 Å². The molecule has 0 saturated heterocycles. The van der Waals surface area contributed by atoms with E-state index >= 15 is 0 Å². The standard InChI is InChI=1S/C14H25N3O2/c1-5-18-13(2,3)11-16-12(19-17-11)14(4)9-7-6-8-10(14)15/h10H,5-9,15H2,1-4H3. The Morgan fingerprint density at radius 2 is 2.21 bits per heavy atom. The lowest BCUT2D eigenvalue weighted by atomic mass is 9.72. The molecule has 1 aromatic rings. The Morgan fingerprint density at radius 1 is 1.47 bits per heavy atom. The number of nitrogens with two attached hydrogens (primary N) is 1. The second kappa shape index (κ2) is 5.21. The molecule has 2 rings (SSSR count). The molecule has 5 heteroatoms. The summed E-state index contributed by atoms with van der Waals surface area (Å²) in [7, 11) is 0. The SMILES string of the molecule is CCOC(C)(C)c1noc(C2(C)CCCCC2N)n1. The van der Waals surface area contributed by atoms with E-state index in [1.54, 1.807) is 0 Å². The first kappa shape index (κ1) is 14.5. The maximum Gasteiger partial charge on any atom is 0.234 e. The van der Waals surface area contributed by atoms with Gasteiger partial charge in [0.2, 0.25) is 11.7 Å². The molecular formula is C14H25N3O2. The molecular weight excluding hydrogens is 242 g/mol. The van der Waals surface area contributed by atoms with Crippen LogP contribution < -0.4 is 5.73 Å². The molecule has 2 unspecified atom stereocenters. The van der Waals surface area contributed by atoms with Gasteiger partial charge in [-0.1, -0.05) is 18.0 Å². The number of hydrogen-bond acceptors (Lipinski definition) is 5. The van der Waals surface area contributed by atoms with Gasteiger partial charge in [0.1, 0.15) is 5.60 Å². The summed E-state index contributed by atoms with van der Waals surface area (Å²) in [5, 5.41) is 4.09. The third-order valence-electron chi connectivity index (χ3n) is 4.24. The monoisotopic (exact) mass is 267 g/mol. The number of nitrogens with zero attached hydrogens (tertiary/aromatic N) is 2. The van der Waals surface area contributed by atoms with Gasteiger partial charge in [0.15, 0.2) is 0 Å². The number of rotatable bonds is 4. The van der Waals surface area contributed by atoms with Crippen molar-refractivity contribution in [1.29, 1.82) is 0 Å². The molecule has 0 spiro atoms. The molecule has 0 radical (unpaired) electrons. The lowest BCUT2D eigenvalue weighted by molar-refractivity contribution is -0.0221. The average Bonchev–Trinajstić information content (AvgIpc) is 2.84. The van der Waals surface area contributed by atoms with Crippen LogP contribution >= 0.6 is 0 Å². The van der Waals surface area contributed by atoms with E-state index in [1.165, 1.54) is 6.42 Å². The number of aromatic nitrogens is 2. The molecule has 108 valence electrons. The summed E-state index contributed by atoms with van der Waals surface area (Å²) in [6, 6.07) is 0.0877. The molecule has 0 aliphatic heterocycles. The van der Waals surface area contributed by atoms with E-state index in [2.05, 4.69) is 17.1 Å². The average molecular weight is 267 g/mol. The van der Waals surface area contributed by atoms with Crippen molar-refractivity contribution in [3.8, 4) is 0 Å². The molecule has 2 atom stereocenters. The highest BCUT2D eigenvalue weighted by Crippen LogP contribution is 2.38. The molecule has 5 nitrogen and oxygen atoms in total. The van der Waals surface area contributed by atoms with Gasteiger partial charge in [-0.3, -0.25) is 0 Å². The van der Waals surface area contributed by atoms with Gasteiger partial charge in [-0.05, 0) is 40.5 Å². The smallest absolute Gasteiger partial charge is 0.234 e. The Labute approximate surface area is 114 Å². The molecule has 0 aromatic carbocycles. The molecule has 1 aliphatic carbocycles. The van der Waals surface area contributed by atoms with Crippen molar-refractivity contribution < 1.29 is 9.26 Å². The van der Waals surface area contributed by atoms with Crippen molar-refractivity contribution in [2.75, 3.05) is 6.61 Å². The van der Waals surface area contributed by atoms with Gasteiger partial charge in [0, 0.05) is 12.6 Å². The van der Waals surface area contributed by atoms with E-state index in [-0.39, 0.29) is 11.5 Å². The molecule has 1 fully saturated rings. The highest BCUT2D eigenvalue weighted by Gasteiger charge is 2.42. The quantitative estimate of drug-likeness (QED) is 0.907. The fourth-order valence-electron chi connectivity index (χ4n) is 2.75. The highest BCUT2D eigenvalue weighted by molar-refractivity contribution is 5.11. The van der Waals surface area contributed by atoms with Crippen LogP contribution in [0.1, 0.15) is 65.1 Å². The molecule has 19 heavy (non-hydrogen) atoms. The normalized spacial score (nSPS) is 28.6. The molecule has 1 aliphatic rings. The zero-order valence-electron chi connectivity index (χ0n) is 12.4. The van der Waals surface area contributed by atoms with Crippen LogP contribution in [0.5, 0.6) is 0 Å². The summed E-state index contributed by atoms with van der Waals surface area (Å²) < 4.78 is 11.1. The van der Waals surface area contributed by atoms with Crippen LogP contribution in [-0.4, -0.2) is 22.8 Å². The highest BCUT2D eigenvalue weighted by atomic mass is 16.5. The minimum absolute atomic E-state index is 0.0877. The third-order valence-corrected chi connectivity index (χ3v) is 4.24. The minimum Gasteiger partial charge on any atom is -0.368 e. The van der Waals surface area contributed by atoms with Crippen LogP contribution in [0.2, 0.25) is 0 Å². The van der Waals surface area contributed by atoms with E-state index in [0.29, 0.717) is 18.3 Å². The Hall–Kier alpha value is -0.940. The van der Waals surface area contributed by atoms with Gasteiger partial charge in [-0.2, -0.15) is 4.98 Å². The summed E-state index contributed by atoms with van der Waals surface area (Å²) in [6.45, 7) is 8.61. The van der Waals surface area contributed by atoms with Gasteiger partial charge >= 0.3 is 0 Å². The zero-order valence-corrected chi connectivity index (χ0v) is 12.4. The van der Waals surface area contributed by atoms with Gasteiger partial charge in [-0.15, -0.1) is 0 Å². The van der Waals surface area contributed by atoms with E-state index < -0.39 is 5.60 Å². The first-order valence-electron chi connectivity index (χ1n) is 7.14. The fraction of sp³-hybridized carbons (Fsp3) is 0.857. The van der Waals surface area contributed by atoms with Gasteiger partial charge in [0.05, 0.1) is 5.41 Å². The summed E-state index contributed by atoms with van der Waals surface area (Å²) in [6.07, 6.45) is 4.37. The predicted molar refractivity (Wildman–Crippen MR) is 72.7 cm³/mol. The van der Waals surface area contributed by atoms with Crippen LogP contribution in [0.15, 0.2) is 4.52 Å². The van der Waals surface area contributed by atoms with Crippen LogP contribution in [0.4, 0.5) is 0 Å². The second-order valence-corrected chi connectivity index (χ2v) is 6.14. The molecule has 1 aromatic heterocycles. The summed E-state index contributed by atoms with van der Waals surface area (Å²) >= 11 is 0. The van der Waals surface area contributed by atoms with Crippen LogP contribution in [0, 0.1) is 0 Å². The van der Waals surface area contributed by atoms with Crippen LogP contribution in [-0.2, 0) is 15.8 Å². The van der Waals surface area contributed by atoms with Gasteiger partial charge in [0.25, 0.3) is 0 Å². The summed E-state index contributed by atoms with van der Waals surface area (Å²) in [5.74, 6) is 1.26. The van der Waals surface area contributed by atoms with Crippen molar-refractivity contribution in [1.82, 2.24) is 10.1 Å². The van der Waals surface area contributed by atoms with Crippen molar-refractivity contribution in [2.45, 2.75) is 70.4 Å². The molecule has 1 saturated carbocycles. The topological polar surface area (TPSA) is 74.2 Å². The Bertz CT molecular complexity index is 430. The second-order valence-electron chi connectivity index (χ2n) is 6.14. The fourth-order valence-corrected chi connectivity index (χ4v) is 2.75. The Morgan fingerprint density at radius 3 is 2.84 bits per heavy atom. The van der Waals surface area contributed by atoms with E-state index in [4.69, 9.17) is 15.0 Å². The van der Waals surface area contributed by atoms with E-state index in [1.807, 2.05) is 20.8 Å². The minimum atomic E-state index is -0.522. The molecule has 2 N–H and O–H groups in total. The van der Waals surface area contributed by atoms with Crippen LogP contribution in [0.3, 0.4) is 0 Å². The van der Waals surface area contributed by atoms with Crippen molar-refractivity contribution in [3.63, 3.8) is 0 Å². The maximum atomic E-state index is 6.26. The Kier molecular flexibility index (Phi) is 3.97. The maximum absolute atomic E-state index is 6.26. The molecule has 0 bridgehead atoms. The van der Waals surface area contributed by atoms with Crippen molar-refractivity contribution >= 4 is 0 Å². The zero-order chi connectivity index (χ0) is 14.1. The first-order valence-corrected chi connectivity index (χ1v) is 7.14. The lowest BCUT2D eigenvalue weighted by Gasteiger charge is -2.36. The van der Waals surface area contributed by atoms with Gasteiger partial charge < -0.3 is 15.0 Å². The van der Waals surface area contributed by atoms with Gasteiger partial charge in [-0.25, -0.2) is 0 Å². The number of hydrogen-bond donors (Lipinski definition) is 1. The number of ether oxygens (including phenoxy) is 1. The largest absolute Gasteiger partial charge is 0.368 e. The first-order chi connectivity index (χ1) is 8.90. The Balaban J connectivity index is 2.25. The predicted octanol–water partition coefficient (Wildman–Crippen LogP) is 2.50. The van der Waals surface area contributed by atoms with Crippen molar-refractivity contribution in [3.05, 3.63) is 11.7 Å². The van der Waals surface area contributed by atoms with E-state index in [9.17, 15) is 0 Å². The third kappa shape index (κ3) is 2.67. The summed E-state index contributed by atoms with van der Waals surface area (Å²) in [4.78, 5) is 4.56. The summed E-state index contributed by atoms with van der Waals surface area (Å²) in [5.41, 5.74) is 5.54.